The minimum atomic E-state index is 0.418. The van der Waals surface area contributed by atoms with Crippen LogP contribution in [0, 0.1) is 5.41 Å². The first kappa shape index (κ1) is 12.4. The highest BCUT2D eigenvalue weighted by Crippen LogP contribution is 2.45. The first-order valence-corrected chi connectivity index (χ1v) is 6.19. The Labute approximate surface area is 104 Å². The van der Waals surface area contributed by atoms with Gasteiger partial charge < -0.3 is 15.4 Å². The molecule has 0 saturated heterocycles. The Bertz CT molecular complexity index is 357. The Kier molecular flexibility index (Phi) is 3.69. The summed E-state index contributed by atoms with van der Waals surface area (Å²) in [5, 5.41) is 0. The lowest BCUT2D eigenvalue weighted by atomic mass is 10.1. The lowest BCUT2D eigenvalue weighted by molar-refractivity contribution is 0.259. The van der Waals surface area contributed by atoms with Crippen LogP contribution in [0.5, 0.6) is 5.75 Å². The van der Waals surface area contributed by atoms with E-state index in [0.717, 1.165) is 25.4 Å². The van der Waals surface area contributed by atoms with Gasteiger partial charge in [0.15, 0.2) is 0 Å². The Morgan fingerprint density at radius 3 is 2.41 bits per heavy atom. The molecule has 0 bridgehead atoms. The zero-order chi connectivity index (χ0) is 12.3. The molecule has 0 heterocycles. The number of hydrogen-bond acceptors (Lipinski definition) is 3. The van der Waals surface area contributed by atoms with Crippen molar-refractivity contribution in [1.82, 2.24) is 4.90 Å². The van der Waals surface area contributed by atoms with Gasteiger partial charge >= 0.3 is 0 Å². The van der Waals surface area contributed by atoms with E-state index in [1.54, 1.807) is 7.11 Å². The average molecular weight is 234 g/mol. The van der Waals surface area contributed by atoms with Gasteiger partial charge in [-0.15, -0.1) is 0 Å². The van der Waals surface area contributed by atoms with Gasteiger partial charge in [0.1, 0.15) is 5.75 Å². The van der Waals surface area contributed by atoms with E-state index in [1.165, 1.54) is 18.4 Å². The van der Waals surface area contributed by atoms with E-state index >= 15 is 0 Å². The number of ether oxygens (including phenoxy) is 1. The van der Waals surface area contributed by atoms with Crippen molar-refractivity contribution in [3.05, 3.63) is 29.8 Å². The third-order valence-electron chi connectivity index (χ3n) is 3.61. The molecule has 1 saturated carbocycles. The molecule has 94 valence electrons. The van der Waals surface area contributed by atoms with Crippen molar-refractivity contribution >= 4 is 0 Å². The van der Waals surface area contributed by atoms with Crippen LogP contribution in [0.1, 0.15) is 18.4 Å². The van der Waals surface area contributed by atoms with Crippen LogP contribution in [-0.2, 0) is 6.54 Å². The molecule has 0 aromatic heterocycles. The molecule has 0 unspecified atom stereocenters. The predicted octanol–water partition coefficient (Wildman–Crippen LogP) is 1.87. The van der Waals surface area contributed by atoms with Crippen molar-refractivity contribution in [2.75, 3.05) is 27.2 Å². The van der Waals surface area contributed by atoms with E-state index in [2.05, 4.69) is 24.1 Å². The zero-order valence-corrected chi connectivity index (χ0v) is 10.8. The molecular weight excluding hydrogens is 212 g/mol. The van der Waals surface area contributed by atoms with Crippen LogP contribution >= 0.6 is 0 Å². The number of methoxy groups -OCH3 is 1. The highest BCUT2D eigenvalue weighted by Gasteiger charge is 2.41. The third-order valence-corrected chi connectivity index (χ3v) is 3.61. The summed E-state index contributed by atoms with van der Waals surface area (Å²) in [6.45, 7) is 2.90. The van der Waals surface area contributed by atoms with E-state index in [1.807, 2.05) is 12.1 Å². The van der Waals surface area contributed by atoms with E-state index in [9.17, 15) is 0 Å². The maximum Gasteiger partial charge on any atom is 0.118 e. The second-order valence-corrected chi connectivity index (χ2v) is 5.22. The Morgan fingerprint density at radius 1 is 1.29 bits per heavy atom. The van der Waals surface area contributed by atoms with Crippen LogP contribution in [0.4, 0.5) is 0 Å². The van der Waals surface area contributed by atoms with Crippen molar-refractivity contribution in [3.8, 4) is 5.75 Å². The number of nitrogens with two attached hydrogens (primary N) is 1. The normalized spacial score (nSPS) is 17.2. The largest absolute Gasteiger partial charge is 0.497 e. The van der Waals surface area contributed by atoms with Crippen molar-refractivity contribution in [2.45, 2.75) is 19.4 Å². The number of hydrogen-bond donors (Lipinski definition) is 1. The van der Waals surface area contributed by atoms with Crippen LogP contribution in [-0.4, -0.2) is 32.1 Å². The summed E-state index contributed by atoms with van der Waals surface area (Å²) in [4.78, 5) is 2.36. The van der Waals surface area contributed by atoms with Gasteiger partial charge in [-0.05, 0) is 49.5 Å². The predicted molar refractivity (Wildman–Crippen MR) is 70.0 cm³/mol. The average Bonchev–Trinajstić information content (AvgIpc) is 3.10. The highest BCUT2D eigenvalue weighted by molar-refractivity contribution is 5.27. The fourth-order valence-corrected chi connectivity index (χ4v) is 2.27. The SMILES string of the molecule is COc1ccc(CN(C)CC2(CN)CC2)cc1. The lowest BCUT2D eigenvalue weighted by Gasteiger charge is -2.22. The monoisotopic (exact) mass is 234 g/mol. The van der Waals surface area contributed by atoms with Gasteiger partial charge in [0.05, 0.1) is 7.11 Å². The van der Waals surface area contributed by atoms with Crippen molar-refractivity contribution in [1.29, 1.82) is 0 Å². The summed E-state index contributed by atoms with van der Waals surface area (Å²) in [7, 11) is 3.86. The van der Waals surface area contributed by atoms with Gasteiger partial charge in [0.2, 0.25) is 0 Å². The highest BCUT2D eigenvalue weighted by atomic mass is 16.5. The van der Waals surface area contributed by atoms with Gasteiger partial charge in [0, 0.05) is 13.1 Å². The summed E-state index contributed by atoms with van der Waals surface area (Å²) in [6.07, 6.45) is 2.58. The van der Waals surface area contributed by atoms with E-state index in [0.29, 0.717) is 5.41 Å². The van der Waals surface area contributed by atoms with Crippen LogP contribution in [0.25, 0.3) is 0 Å². The molecule has 1 fully saturated rings. The fourth-order valence-electron chi connectivity index (χ4n) is 2.27. The number of nitrogens with zero attached hydrogens (tertiary/aromatic N) is 1. The minimum absolute atomic E-state index is 0.418. The summed E-state index contributed by atoms with van der Waals surface area (Å²) in [5.41, 5.74) is 7.54. The maximum atomic E-state index is 5.81. The standard InChI is InChI=1S/C14H22N2O/c1-16(11-14(10-15)7-8-14)9-12-3-5-13(17-2)6-4-12/h3-6H,7-11,15H2,1-2H3. The zero-order valence-electron chi connectivity index (χ0n) is 10.8. The van der Waals surface area contributed by atoms with Crippen molar-refractivity contribution in [2.24, 2.45) is 11.1 Å². The topological polar surface area (TPSA) is 38.5 Å². The van der Waals surface area contributed by atoms with Gasteiger partial charge in [-0.2, -0.15) is 0 Å². The Hall–Kier alpha value is -1.06. The van der Waals surface area contributed by atoms with Gasteiger partial charge in [0.25, 0.3) is 0 Å². The Balaban J connectivity index is 1.87. The Morgan fingerprint density at radius 2 is 1.94 bits per heavy atom. The summed E-state index contributed by atoms with van der Waals surface area (Å²) >= 11 is 0. The molecule has 0 radical (unpaired) electrons. The van der Waals surface area contributed by atoms with Gasteiger partial charge in [-0.3, -0.25) is 0 Å². The van der Waals surface area contributed by atoms with E-state index < -0.39 is 0 Å². The van der Waals surface area contributed by atoms with Crippen LogP contribution in [0.3, 0.4) is 0 Å². The lowest BCUT2D eigenvalue weighted by Crippen LogP contribution is -2.31. The first-order valence-electron chi connectivity index (χ1n) is 6.19. The molecule has 1 aliphatic rings. The van der Waals surface area contributed by atoms with Crippen molar-refractivity contribution in [3.63, 3.8) is 0 Å². The molecule has 17 heavy (non-hydrogen) atoms. The quantitative estimate of drug-likeness (QED) is 0.816. The molecule has 0 amide bonds. The molecule has 1 aromatic rings. The molecule has 2 N–H and O–H groups in total. The molecule has 0 atom stereocenters. The molecule has 1 aliphatic carbocycles. The summed E-state index contributed by atoms with van der Waals surface area (Å²) < 4.78 is 5.15. The molecule has 0 aliphatic heterocycles. The molecule has 2 rings (SSSR count). The van der Waals surface area contributed by atoms with Gasteiger partial charge in [-0.25, -0.2) is 0 Å². The van der Waals surface area contributed by atoms with Crippen LogP contribution in [0.15, 0.2) is 24.3 Å². The molecule has 3 heteroatoms. The van der Waals surface area contributed by atoms with Crippen molar-refractivity contribution < 1.29 is 4.74 Å². The fraction of sp³-hybridized carbons (Fsp3) is 0.571. The second kappa shape index (κ2) is 5.07. The molecular formula is C14H22N2O. The maximum absolute atomic E-state index is 5.81. The van der Waals surface area contributed by atoms with Crippen LogP contribution < -0.4 is 10.5 Å². The molecule has 1 aromatic carbocycles. The van der Waals surface area contributed by atoms with Crippen LogP contribution in [0.2, 0.25) is 0 Å². The second-order valence-electron chi connectivity index (χ2n) is 5.22. The van der Waals surface area contributed by atoms with E-state index in [4.69, 9.17) is 10.5 Å². The summed E-state index contributed by atoms with van der Waals surface area (Å²) in [5.74, 6) is 0.914. The first-order chi connectivity index (χ1) is 8.17. The molecule has 0 spiro atoms. The third kappa shape index (κ3) is 3.20. The number of benzene rings is 1. The smallest absolute Gasteiger partial charge is 0.118 e. The van der Waals surface area contributed by atoms with E-state index in [-0.39, 0.29) is 0 Å². The summed E-state index contributed by atoms with van der Waals surface area (Å²) in [6, 6.07) is 8.27. The van der Waals surface area contributed by atoms with Gasteiger partial charge in [-0.1, -0.05) is 12.1 Å². The number of rotatable bonds is 6. The molecule has 3 nitrogen and oxygen atoms in total. The minimum Gasteiger partial charge on any atom is -0.497 e.